The first-order valence-electron chi connectivity index (χ1n) is 6.30. The van der Waals surface area contributed by atoms with Gasteiger partial charge >= 0.3 is 0 Å². The number of hydrogen-bond acceptors (Lipinski definition) is 3. The number of ether oxygens (including phenoxy) is 2. The maximum Gasteiger partial charge on any atom is 0.120 e. The lowest BCUT2D eigenvalue weighted by molar-refractivity contribution is 0.201. The molecule has 19 heavy (non-hydrogen) atoms. The summed E-state index contributed by atoms with van der Waals surface area (Å²) in [5.74, 6) is 1.54. The molecular weight excluding hydrogens is 240 g/mol. The van der Waals surface area contributed by atoms with Crippen molar-refractivity contribution in [1.29, 1.82) is 0 Å². The van der Waals surface area contributed by atoms with Gasteiger partial charge in [0.15, 0.2) is 0 Å². The molecule has 0 aliphatic carbocycles. The average molecular weight is 258 g/mol. The summed E-state index contributed by atoms with van der Waals surface area (Å²) in [6, 6.07) is 15.7. The Bertz CT molecular complexity index is 488. The van der Waals surface area contributed by atoms with Crippen LogP contribution in [0.4, 0.5) is 0 Å². The van der Waals surface area contributed by atoms with Gasteiger partial charge in [0.2, 0.25) is 0 Å². The summed E-state index contributed by atoms with van der Waals surface area (Å²) in [6.07, 6.45) is 0. The van der Waals surface area contributed by atoms with Crippen LogP contribution in [0, 0.1) is 6.92 Å². The third-order valence-corrected chi connectivity index (χ3v) is 2.71. The van der Waals surface area contributed by atoms with Crippen molar-refractivity contribution in [3.63, 3.8) is 0 Å². The van der Waals surface area contributed by atoms with E-state index in [1.807, 2.05) is 24.3 Å². The minimum atomic E-state index is 0.0195. The fourth-order valence-electron chi connectivity index (χ4n) is 1.65. The Labute approximate surface area is 113 Å². The van der Waals surface area contributed by atoms with E-state index in [0.717, 1.165) is 17.1 Å². The maximum absolute atomic E-state index is 8.66. The quantitative estimate of drug-likeness (QED) is 0.865. The zero-order chi connectivity index (χ0) is 13.5. The van der Waals surface area contributed by atoms with Crippen molar-refractivity contribution in [1.82, 2.24) is 0 Å². The predicted octanol–water partition coefficient (Wildman–Crippen LogP) is 2.95. The van der Waals surface area contributed by atoms with E-state index in [1.54, 1.807) is 0 Å². The van der Waals surface area contributed by atoms with E-state index < -0.39 is 0 Å². The Morgan fingerprint density at radius 1 is 0.842 bits per heavy atom. The summed E-state index contributed by atoms with van der Waals surface area (Å²) >= 11 is 0. The fraction of sp³-hybridized carbons (Fsp3) is 0.250. The smallest absolute Gasteiger partial charge is 0.120 e. The third-order valence-electron chi connectivity index (χ3n) is 2.71. The number of hydrogen-bond donors (Lipinski definition) is 1. The topological polar surface area (TPSA) is 38.7 Å². The molecule has 0 saturated carbocycles. The summed E-state index contributed by atoms with van der Waals surface area (Å²) in [6.45, 7) is 2.95. The van der Waals surface area contributed by atoms with Crippen LogP contribution < -0.4 is 9.47 Å². The van der Waals surface area contributed by atoms with Crippen molar-refractivity contribution in [2.75, 3.05) is 13.2 Å². The normalized spacial score (nSPS) is 10.2. The lowest BCUT2D eigenvalue weighted by Crippen LogP contribution is -2.01. The molecular formula is C16H18O3. The Kier molecular flexibility index (Phi) is 4.81. The molecule has 0 bridgehead atoms. The molecule has 0 saturated heterocycles. The SMILES string of the molecule is Cc1ccc(COc2ccc(OCCO)cc2)cc1. The van der Waals surface area contributed by atoms with Crippen molar-refractivity contribution in [2.24, 2.45) is 0 Å². The molecule has 0 radical (unpaired) electrons. The van der Waals surface area contributed by atoms with Crippen LogP contribution in [0.5, 0.6) is 11.5 Å². The molecule has 0 aromatic heterocycles. The number of aliphatic hydroxyl groups excluding tert-OH is 1. The molecule has 0 atom stereocenters. The summed E-state index contributed by atoms with van der Waals surface area (Å²) in [4.78, 5) is 0. The minimum absolute atomic E-state index is 0.0195. The Hall–Kier alpha value is -2.00. The molecule has 0 spiro atoms. The van der Waals surface area contributed by atoms with Crippen molar-refractivity contribution < 1.29 is 14.6 Å². The van der Waals surface area contributed by atoms with E-state index in [-0.39, 0.29) is 6.61 Å². The van der Waals surface area contributed by atoms with Crippen LogP contribution in [0.3, 0.4) is 0 Å². The standard InChI is InChI=1S/C16H18O3/c1-13-2-4-14(5-3-13)12-19-16-8-6-15(7-9-16)18-11-10-17/h2-9,17H,10-12H2,1H3. The highest BCUT2D eigenvalue weighted by molar-refractivity contribution is 5.31. The van der Waals surface area contributed by atoms with Crippen LogP contribution in [0.2, 0.25) is 0 Å². The largest absolute Gasteiger partial charge is 0.491 e. The van der Waals surface area contributed by atoms with Gasteiger partial charge in [0.05, 0.1) is 6.61 Å². The van der Waals surface area contributed by atoms with E-state index in [4.69, 9.17) is 14.6 Å². The zero-order valence-electron chi connectivity index (χ0n) is 11.0. The number of aryl methyl sites for hydroxylation is 1. The number of benzene rings is 2. The van der Waals surface area contributed by atoms with E-state index in [0.29, 0.717) is 13.2 Å². The van der Waals surface area contributed by atoms with Gasteiger partial charge in [-0.2, -0.15) is 0 Å². The summed E-state index contributed by atoms with van der Waals surface area (Å²) in [5, 5.41) is 8.66. The first-order chi connectivity index (χ1) is 9.28. The molecule has 2 aromatic rings. The van der Waals surface area contributed by atoms with Crippen LogP contribution in [0.25, 0.3) is 0 Å². The Morgan fingerprint density at radius 3 is 2.00 bits per heavy atom. The highest BCUT2D eigenvalue weighted by atomic mass is 16.5. The van der Waals surface area contributed by atoms with Crippen LogP contribution in [-0.4, -0.2) is 18.3 Å². The second kappa shape index (κ2) is 6.81. The van der Waals surface area contributed by atoms with Gasteiger partial charge in [0.25, 0.3) is 0 Å². The van der Waals surface area contributed by atoms with Crippen LogP contribution in [0.1, 0.15) is 11.1 Å². The first-order valence-corrected chi connectivity index (χ1v) is 6.30. The van der Waals surface area contributed by atoms with Gasteiger partial charge in [0.1, 0.15) is 24.7 Å². The van der Waals surface area contributed by atoms with Gasteiger partial charge in [-0.25, -0.2) is 0 Å². The van der Waals surface area contributed by atoms with E-state index >= 15 is 0 Å². The molecule has 1 N–H and O–H groups in total. The van der Waals surface area contributed by atoms with Crippen LogP contribution in [-0.2, 0) is 6.61 Å². The molecule has 0 aliphatic heterocycles. The van der Waals surface area contributed by atoms with Crippen molar-refractivity contribution >= 4 is 0 Å². The Morgan fingerprint density at radius 2 is 1.42 bits per heavy atom. The average Bonchev–Trinajstić information content (AvgIpc) is 2.46. The molecule has 0 unspecified atom stereocenters. The summed E-state index contributed by atoms with van der Waals surface area (Å²) < 4.78 is 11.0. The molecule has 100 valence electrons. The first kappa shape index (κ1) is 13.4. The second-order valence-electron chi connectivity index (χ2n) is 4.32. The van der Waals surface area contributed by atoms with Crippen molar-refractivity contribution in [3.05, 3.63) is 59.7 Å². The molecule has 0 aliphatic rings. The molecule has 0 amide bonds. The number of aliphatic hydroxyl groups is 1. The van der Waals surface area contributed by atoms with Crippen LogP contribution in [0.15, 0.2) is 48.5 Å². The summed E-state index contributed by atoms with van der Waals surface area (Å²) in [5.41, 5.74) is 2.39. The molecule has 3 nitrogen and oxygen atoms in total. The van der Waals surface area contributed by atoms with Crippen molar-refractivity contribution in [3.8, 4) is 11.5 Å². The highest BCUT2D eigenvalue weighted by Crippen LogP contribution is 2.18. The molecule has 3 heteroatoms. The predicted molar refractivity (Wildman–Crippen MR) is 74.5 cm³/mol. The van der Waals surface area contributed by atoms with Crippen molar-refractivity contribution in [2.45, 2.75) is 13.5 Å². The van der Waals surface area contributed by atoms with Gasteiger partial charge in [0, 0.05) is 0 Å². The zero-order valence-corrected chi connectivity index (χ0v) is 11.0. The lowest BCUT2D eigenvalue weighted by Gasteiger charge is -2.08. The lowest BCUT2D eigenvalue weighted by atomic mass is 10.2. The van der Waals surface area contributed by atoms with E-state index in [1.165, 1.54) is 5.56 Å². The van der Waals surface area contributed by atoms with Crippen LogP contribution >= 0.6 is 0 Å². The Balaban J connectivity index is 1.87. The second-order valence-corrected chi connectivity index (χ2v) is 4.32. The fourth-order valence-corrected chi connectivity index (χ4v) is 1.65. The molecule has 0 heterocycles. The molecule has 0 fully saturated rings. The van der Waals surface area contributed by atoms with Gasteiger partial charge < -0.3 is 14.6 Å². The molecule has 2 aromatic carbocycles. The molecule has 2 rings (SSSR count). The number of rotatable bonds is 6. The van der Waals surface area contributed by atoms with E-state index in [2.05, 4.69) is 31.2 Å². The highest BCUT2D eigenvalue weighted by Gasteiger charge is 1.98. The van der Waals surface area contributed by atoms with Gasteiger partial charge in [-0.15, -0.1) is 0 Å². The summed E-state index contributed by atoms with van der Waals surface area (Å²) in [7, 11) is 0. The monoisotopic (exact) mass is 258 g/mol. The van der Waals surface area contributed by atoms with Gasteiger partial charge in [-0.3, -0.25) is 0 Å². The van der Waals surface area contributed by atoms with E-state index in [9.17, 15) is 0 Å². The third kappa shape index (κ3) is 4.30. The van der Waals surface area contributed by atoms with Gasteiger partial charge in [-0.05, 0) is 36.8 Å². The maximum atomic E-state index is 8.66. The van der Waals surface area contributed by atoms with Gasteiger partial charge in [-0.1, -0.05) is 29.8 Å². The minimum Gasteiger partial charge on any atom is -0.491 e.